The molecule has 0 aliphatic carbocycles. The highest BCUT2D eigenvalue weighted by Gasteiger charge is 2.47. The predicted octanol–water partition coefficient (Wildman–Crippen LogP) is -2.69. The lowest BCUT2D eigenvalue weighted by atomic mass is 9.98. The Labute approximate surface area is 128 Å². The van der Waals surface area contributed by atoms with E-state index in [1.807, 2.05) is 0 Å². The van der Waals surface area contributed by atoms with E-state index in [1.54, 1.807) is 6.92 Å². The average Bonchev–Trinajstić information content (AvgIpc) is 2.49. The van der Waals surface area contributed by atoms with Gasteiger partial charge in [0.15, 0.2) is 12.6 Å². The van der Waals surface area contributed by atoms with Crippen molar-refractivity contribution < 1.29 is 44.5 Å². The third kappa shape index (κ3) is 3.58. The number of rotatable bonds is 4. The van der Waals surface area contributed by atoms with Gasteiger partial charge in [-0.3, -0.25) is 0 Å². The van der Waals surface area contributed by atoms with Crippen LogP contribution in [0.25, 0.3) is 0 Å². The van der Waals surface area contributed by atoms with Gasteiger partial charge in [0, 0.05) is 13.5 Å². The van der Waals surface area contributed by atoms with E-state index < -0.39 is 61.9 Å². The number of ether oxygens (including phenoxy) is 4. The molecule has 2 fully saturated rings. The van der Waals surface area contributed by atoms with E-state index in [9.17, 15) is 20.4 Å². The molecule has 0 bridgehead atoms. The molecule has 2 aliphatic rings. The summed E-state index contributed by atoms with van der Waals surface area (Å²) in [6, 6.07) is 0. The van der Waals surface area contributed by atoms with E-state index in [4.69, 9.17) is 24.1 Å². The van der Waals surface area contributed by atoms with Gasteiger partial charge in [0.25, 0.3) is 0 Å². The van der Waals surface area contributed by atoms with E-state index in [0.29, 0.717) is 0 Å². The Morgan fingerprint density at radius 1 is 1.05 bits per heavy atom. The van der Waals surface area contributed by atoms with Crippen molar-refractivity contribution in [1.29, 1.82) is 0 Å². The minimum atomic E-state index is -1.51. The molecule has 0 unspecified atom stereocenters. The van der Waals surface area contributed by atoms with Crippen LogP contribution in [-0.4, -0.2) is 94.6 Å². The van der Waals surface area contributed by atoms with Gasteiger partial charge in [-0.05, 0) is 6.92 Å². The fourth-order valence-corrected chi connectivity index (χ4v) is 2.78. The molecule has 0 aromatic carbocycles. The van der Waals surface area contributed by atoms with Crippen LogP contribution in [0.4, 0.5) is 0 Å². The first-order chi connectivity index (χ1) is 10.4. The topological polar surface area (TPSA) is 138 Å². The van der Waals surface area contributed by atoms with E-state index in [2.05, 4.69) is 0 Å². The molecule has 0 aromatic heterocycles. The van der Waals surface area contributed by atoms with Crippen molar-refractivity contribution in [3.63, 3.8) is 0 Å². The zero-order valence-electron chi connectivity index (χ0n) is 12.5. The van der Waals surface area contributed by atoms with Gasteiger partial charge >= 0.3 is 0 Å². The molecule has 130 valence electrons. The van der Waals surface area contributed by atoms with E-state index in [-0.39, 0.29) is 6.42 Å². The molecular weight excluding hydrogens is 300 g/mol. The van der Waals surface area contributed by atoms with Gasteiger partial charge in [-0.2, -0.15) is 0 Å². The number of aliphatic hydroxyl groups excluding tert-OH is 5. The second-order valence-corrected chi connectivity index (χ2v) is 5.60. The van der Waals surface area contributed by atoms with Crippen molar-refractivity contribution in [3.05, 3.63) is 0 Å². The predicted molar refractivity (Wildman–Crippen MR) is 70.6 cm³/mol. The molecule has 22 heavy (non-hydrogen) atoms. The Morgan fingerprint density at radius 2 is 1.73 bits per heavy atom. The lowest BCUT2D eigenvalue weighted by Crippen LogP contribution is -2.61. The Hall–Kier alpha value is -0.360. The minimum Gasteiger partial charge on any atom is -0.394 e. The van der Waals surface area contributed by atoms with Gasteiger partial charge in [0.05, 0.1) is 18.8 Å². The molecule has 2 saturated heterocycles. The van der Waals surface area contributed by atoms with Gasteiger partial charge in [0.2, 0.25) is 0 Å². The number of hydrogen-bond acceptors (Lipinski definition) is 9. The van der Waals surface area contributed by atoms with Crippen molar-refractivity contribution >= 4 is 0 Å². The van der Waals surface area contributed by atoms with E-state index in [1.165, 1.54) is 7.11 Å². The van der Waals surface area contributed by atoms with Gasteiger partial charge in [-0.1, -0.05) is 0 Å². The Balaban J connectivity index is 2.07. The van der Waals surface area contributed by atoms with Crippen LogP contribution in [0.15, 0.2) is 0 Å². The zero-order valence-corrected chi connectivity index (χ0v) is 12.5. The smallest absolute Gasteiger partial charge is 0.187 e. The van der Waals surface area contributed by atoms with E-state index in [0.717, 1.165) is 0 Å². The summed E-state index contributed by atoms with van der Waals surface area (Å²) >= 11 is 0. The van der Waals surface area contributed by atoms with Crippen LogP contribution in [0.3, 0.4) is 0 Å². The molecule has 0 amide bonds. The number of aliphatic hydroxyl groups is 5. The summed E-state index contributed by atoms with van der Waals surface area (Å²) in [5.41, 5.74) is 0. The normalized spacial score (nSPS) is 50.0. The molecule has 0 saturated carbocycles. The number of methoxy groups -OCH3 is 1. The summed E-state index contributed by atoms with van der Waals surface area (Å²) in [5, 5.41) is 48.2. The zero-order chi connectivity index (χ0) is 16.4. The monoisotopic (exact) mass is 324 g/mol. The van der Waals surface area contributed by atoms with Gasteiger partial charge in [0.1, 0.15) is 30.5 Å². The lowest BCUT2D eigenvalue weighted by Gasteiger charge is -2.44. The van der Waals surface area contributed by atoms with Crippen molar-refractivity contribution in [2.45, 2.75) is 68.7 Å². The molecule has 0 aromatic rings. The maximum atomic E-state index is 9.98. The second-order valence-electron chi connectivity index (χ2n) is 5.60. The van der Waals surface area contributed by atoms with E-state index >= 15 is 0 Å². The molecule has 2 heterocycles. The van der Waals surface area contributed by atoms with Crippen molar-refractivity contribution in [1.82, 2.24) is 0 Å². The number of hydrogen-bond donors (Lipinski definition) is 5. The first-order valence-electron chi connectivity index (χ1n) is 7.21. The minimum absolute atomic E-state index is 0.183. The lowest BCUT2D eigenvalue weighted by molar-refractivity contribution is -0.340. The summed E-state index contributed by atoms with van der Waals surface area (Å²) in [5.74, 6) is 0. The second kappa shape index (κ2) is 7.47. The fraction of sp³-hybridized carbons (Fsp3) is 1.00. The molecular formula is C13H24O9. The Bertz CT molecular complexity index is 352. The SMILES string of the molecule is CO[C@@H]1C[C@@H](O)O[C@@H](C)[C@H]1O[C@@H]1O[C@H](CO)[C@@H](O)[C@H](O)[C@H]1O. The highest BCUT2D eigenvalue weighted by Crippen LogP contribution is 2.29. The average molecular weight is 324 g/mol. The van der Waals surface area contributed by atoms with Crippen LogP contribution in [0.5, 0.6) is 0 Å². The molecule has 5 N–H and O–H groups in total. The van der Waals surface area contributed by atoms with Crippen molar-refractivity contribution in [3.8, 4) is 0 Å². The summed E-state index contributed by atoms with van der Waals surface area (Å²) < 4.78 is 21.5. The fourth-order valence-electron chi connectivity index (χ4n) is 2.78. The summed E-state index contributed by atoms with van der Waals surface area (Å²) in [6.07, 6.45) is -9.24. The van der Waals surface area contributed by atoms with Crippen LogP contribution >= 0.6 is 0 Å². The first kappa shape index (κ1) is 18.0. The third-order valence-electron chi connectivity index (χ3n) is 4.08. The Kier molecular flexibility index (Phi) is 6.11. The van der Waals surface area contributed by atoms with Crippen LogP contribution in [0.1, 0.15) is 13.3 Å². The van der Waals surface area contributed by atoms with Crippen LogP contribution in [0, 0.1) is 0 Å². The molecule has 2 rings (SSSR count). The Morgan fingerprint density at radius 3 is 2.32 bits per heavy atom. The quantitative estimate of drug-likeness (QED) is 0.374. The molecule has 9 nitrogen and oxygen atoms in total. The van der Waals surface area contributed by atoms with Gasteiger partial charge in [-0.15, -0.1) is 0 Å². The van der Waals surface area contributed by atoms with Crippen LogP contribution in [-0.2, 0) is 18.9 Å². The first-order valence-corrected chi connectivity index (χ1v) is 7.21. The largest absolute Gasteiger partial charge is 0.394 e. The van der Waals surface area contributed by atoms with Gasteiger partial charge < -0.3 is 44.5 Å². The van der Waals surface area contributed by atoms with Crippen molar-refractivity contribution in [2.24, 2.45) is 0 Å². The molecule has 9 atom stereocenters. The van der Waals surface area contributed by atoms with Crippen LogP contribution in [0.2, 0.25) is 0 Å². The highest BCUT2D eigenvalue weighted by atomic mass is 16.7. The standard InChI is InChI=1S/C13H24O9/c1-5-12(6(19-2)3-8(15)20-5)22-13-11(18)10(17)9(16)7(4-14)21-13/h5-18H,3-4H2,1-2H3/t5-,6+,7+,8-,9+,10-,11+,12+,13-/m0/s1. The maximum absolute atomic E-state index is 9.98. The van der Waals surface area contributed by atoms with Crippen molar-refractivity contribution in [2.75, 3.05) is 13.7 Å². The molecule has 2 aliphatic heterocycles. The third-order valence-corrected chi connectivity index (χ3v) is 4.08. The maximum Gasteiger partial charge on any atom is 0.187 e. The van der Waals surface area contributed by atoms with Gasteiger partial charge in [-0.25, -0.2) is 0 Å². The summed E-state index contributed by atoms with van der Waals surface area (Å²) in [4.78, 5) is 0. The summed E-state index contributed by atoms with van der Waals surface area (Å²) in [6.45, 7) is 1.14. The molecule has 0 radical (unpaired) electrons. The molecule has 9 heteroatoms. The highest BCUT2D eigenvalue weighted by molar-refractivity contribution is 4.91. The summed E-state index contributed by atoms with van der Waals surface area (Å²) in [7, 11) is 1.46. The molecule has 0 spiro atoms. The van der Waals surface area contributed by atoms with Crippen LogP contribution < -0.4 is 0 Å².